The van der Waals surface area contributed by atoms with E-state index in [1.807, 2.05) is 6.07 Å². The standard InChI is InChI=1S/C12H6F2N2O/c13-9-1-2-10(14)11(5-9)17-12-7-16-4-3-8(12)6-15/h1-5,7H. The molecule has 17 heavy (non-hydrogen) atoms. The fourth-order valence-corrected chi connectivity index (χ4v) is 1.23. The fraction of sp³-hybridized carbons (Fsp3) is 0. The van der Waals surface area contributed by atoms with Gasteiger partial charge in [-0.05, 0) is 18.2 Å². The predicted molar refractivity (Wildman–Crippen MR) is 55.4 cm³/mol. The second-order valence-corrected chi connectivity index (χ2v) is 3.16. The Labute approximate surface area is 95.9 Å². The minimum Gasteiger partial charge on any atom is -0.451 e. The van der Waals surface area contributed by atoms with Gasteiger partial charge in [0.05, 0.1) is 11.8 Å². The zero-order valence-corrected chi connectivity index (χ0v) is 8.52. The van der Waals surface area contributed by atoms with Crippen molar-refractivity contribution in [2.45, 2.75) is 0 Å². The normalized spacial score (nSPS) is 9.71. The maximum absolute atomic E-state index is 13.3. The summed E-state index contributed by atoms with van der Waals surface area (Å²) in [7, 11) is 0. The van der Waals surface area contributed by atoms with Crippen LogP contribution in [0, 0.1) is 23.0 Å². The van der Waals surface area contributed by atoms with Crippen LogP contribution in [-0.2, 0) is 0 Å². The highest BCUT2D eigenvalue weighted by Gasteiger charge is 2.09. The number of rotatable bonds is 2. The van der Waals surface area contributed by atoms with Gasteiger partial charge in [0.1, 0.15) is 11.9 Å². The lowest BCUT2D eigenvalue weighted by Crippen LogP contribution is -1.92. The predicted octanol–water partition coefficient (Wildman–Crippen LogP) is 3.02. The van der Waals surface area contributed by atoms with Crippen LogP contribution in [0.1, 0.15) is 5.56 Å². The molecule has 1 aromatic heterocycles. The molecule has 0 bridgehead atoms. The van der Waals surface area contributed by atoms with Crippen molar-refractivity contribution in [3.8, 4) is 17.6 Å². The van der Waals surface area contributed by atoms with E-state index in [-0.39, 0.29) is 17.1 Å². The van der Waals surface area contributed by atoms with E-state index in [2.05, 4.69) is 4.98 Å². The van der Waals surface area contributed by atoms with E-state index < -0.39 is 11.6 Å². The largest absolute Gasteiger partial charge is 0.451 e. The van der Waals surface area contributed by atoms with Crippen LogP contribution >= 0.6 is 0 Å². The maximum atomic E-state index is 13.3. The number of hydrogen-bond donors (Lipinski definition) is 0. The number of pyridine rings is 1. The quantitative estimate of drug-likeness (QED) is 0.799. The molecule has 0 aliphatic rings. The van der Waals surface area contributed by atoms with E-state index in [1.54, 1.807) is 0 Å². The second-order valence-electron chi connectivity index (χ2n) is 3.16. The zero-order chi connectivity index (χ0) is 12.3. The molecule has 1 aromatic carbocycles. The van der Waals surface area contributed by atoms with Gasteiger partial charge in [-0.2, -0.15) is 5.26 Å². The van der Waals surface area contributed by atoms with Crippen molar-refractivity contribution in [2.24, 2.45) is 0 Å². The van der Waals surface area contributed by atoms with Crippen molar-refractivity contribution in [3.63, 3.8) is 0 Å². The van der Waals surface area contributed by atoms with Crippen molar-refractivity contribution >= 4 is 0 Å². The Kier molecular flexibility index (Phi) is 2.97. The third-order valence-corrected chi connectivity index (χ3v) is 2.02. The monoisotopic (exact) mass is 232 g/mol. The van der Waals surface area contributed by atoms with E-state index in [0.29, 0.717) is 0 Å². The van der Waals surface area contributed by atoms with Crippen LogP contribution in [0.2, 0.25) is 0 Å². The summed E-state index contributed by atoms with van der Waals surface area (Å²) < 4.78 is 31.3. The van der Waals surface area contributed by atoms with Crippen molar-refractivity contribution in [2.75, 3.05) is 0 Å². The molecule has 0 fully saturated rings. The lowest BCUT2D eigenvalue weighted by Gasteiger charge is -2.07. The van der Waals surface area contributed by atoms with Gasteiger partial charge in [-0.1, -0.05) is 0 Å². The van der Waals surface area contributed by atoms with Crippen LogP contribution in [0.25, 0.3) is 0 Å². The fourth-order valence-electron chi connectivity index (χ4n) is 1.23. The first-order valence-corrected chi connectivity index (χ1v) is 4.67. The SMILES string of the molecule is N#Cc1ccncc1Oc1cc(F)ccc1F. The average Bonchev–Trinajstić information content (AvgIpc) is 2.34. The van der Waals surface area contributed by atoms with Crippen LogP contribution in [0.5, 0.6) is 11.5 Å². The second kappa shape index (κ2) is 4.58. The lowest BCUT2D eigenvalue weighted by molar-refractivity contribution is 0.434. The van der Waals surface area contributed by atoms with E-state index in [1.165, 1.54) is 18.5 Å². The highest BCUT2D eigenvalue weighted by atomic mass is 19.1. The number of hydrogen-bond acceptors (Lipinski definition) is 3. The molecule has 2 rings (SSSR count). The highest BCUT2D eigenvalue weighted by molar-refractivity contribution is 5.43. The molecule has 0 saturated carbocycles. The number of ether oxygens (including phenoxy) is 1. The van der Waals surface area contributed by atoms with Gasteiger partial charge in [0.2, 0.25) is 0 Å². The van der Waals surface area contributed by atoms with Gasteiger partial charge < -0.3 is 4.74 Å². The summed E-state index contributed by atoms with van der Waals surface area (Å²) in [5.41, 5.74) is 0.198. The van der Waals surface area contributed by atoms with Gasteiger partial charge in [0, 0.05) is 12.3 Å². The molecule has 84 valence electrons. The molecule has 0 N–H and O–H groups in total. The molecule has 5 heteroatoms. The number of benzene rings is 1. The molecule has 2 aromatic rings. The minimum absolute atomic E-state index is 0.0829. The summed E-state index contributed by atoms with van der Waals surface area (Å²) in [6, 6.07) is 6.13. The van der Waals surface area contributed by atoms with Crippen LogP contribution in [0.4, 0.5) is 8.78 Å². The molecule has 0 radical (unpaired) electrons. The smallest absolute Gasteiger partial charge is 0.166 e. The summed E-state index contributed by atoms with van der Waals surface area (Å²) in [5.74, 6) is -1.53. The van der Waals surface area contributed by atoms with Crippen LogP contribution in [0.15, 0.2) is 36.7 Å². The highest BCUT2D eigenvalue weighted by Crippen LogP contribution is 2.26. The van der Waals surface area contributed by atoms with Gasteiger partial charge in [0.25, 0.3) is 0 Å². The first-order chi connectivity index (χ1) is 8.20. The Balaban J connectivity index is 2.38. The maximum Gasteiger partial charge on any atom is 0.166 e. The molecule has 1 heterocycles. The number of halogens is 2. The molecule has 0 amide bonds. The number of nitrogens with zero attached hydrogens (tertiary/aromatic N) is 2. The number of aromatic nitrogens is 1. The molecule has 0 unspecified atom stereocenters. The first-order valence-electron chi connectivity index (χ1n) is 4.67. The van der Waals surface area contributed by atoms with E-state index in [9.17, 15) is 8.78 Å². The minimum atomic E-state index is -0.709. The van der Waals surface area contributed by atoms with Gasteiger partial charge in [-0.15, -0.1) is 0 Å². The van der Waals surface area contributed by atoms with Gasteiger partial charge in [-0.25, -0.2) is 8.78 Å². The molecular weight excluding hydrogens is 226 g/mol. The van der Waals surface area contributed by atoms with Crippen LogP contribution < -0.4 is 4.74 Å². The molecule has 0 spiro atoms. The third kappa shape index (κ3) is 2.37. The first kappa shape index (κ1) is 11.0. The van der Waals surface area contributed by atoms with Crippen molar-refractivity contribution in [1.82, 2.24) is 4.98 Å². The van der Waals surface area contributed by atoms with Gasteiger partial charge >= 0.3 is 0 Å². The summed E-state index contributed by atoms with van der Waals surface area (Å²) >= 11 is 0. The van der Waals surface area contributed by atoms with Crippen molar-refractivity contribution < 1.29 is 13.5 Å². The topological polar surface area (TPSA) is 45.9 Å². The van der Waals surface area contributed by atoms with Crippen molar-refractivity contribution in [1.29, 1.82) is 5.26 Å². The Hall–Kier alpha value is -2.48. The summed E-state index contributed by atoms with van der Waals surface area (Å²) in [4.78, 5) is 3.75. The average molecular weight is 232 g/mol. The molecule has 0 aliphatic heterocycles. The van der Waals surface area contributed by atoms with E-state index in [0.717, 1.165) is 18.2 Å². The third-order valence-electron chi connectivity index (χ3n) is 2.02. The Morgan fingerprint density at radius 1 is 1.18 bits per heavy atom. The van der Waals surface area contributed by atoms with Crippen LogP contribution in [-0.4, -0.2) is 4.98 Å². The Morgan fingerprint density at radius 2 is 2.00 bits per heavy atom. The van der Waals surface area contributed by atoms with Crippen molar-refractivity contribution in [3.05, 3.63) is 53.9 Å². The van der Waals surface area contributed by atoms with E-state index >= 15 is 0 Å². The summed E-state index contributed by atoms with van der Waals surface area (Å²) in [6.07, 6.45) is 2.68. The zero-order valence-electron chi connectivity index (χ0n) is 8.52. The van der Waals surface area contributed by atoms with Crippen LogP contribution in [0.3, 0.4) is 0 Å². The summed E-state index contributed by atoms with van der Waals surface area (Å²) in [5, 5.41) is 8.79. The molecule has 0 saturated heterocycles. The Bertz CT molecular complexity index is 593. The molecule has 3 nitrogen and oxygen atoms in total. The number of nitriles is 1. The van der Waals surface area contributed by atoms with E-state index in [4.69, 9.17) is 10.00 Å². The van der Waals surface area contributed by atoms with Gasteiger partial charge in [-0.3, -0.25) is 4.98 Å². The molecular formula is C12H6F2N2O. The molecule has 0 atom stereocenters. The Morgan fingerprint density at radius 3 is 2.76 bits per heavy atom. The lowest BCUT2D eigenvalue weighted by atomic mass is 10.2. The summed E-state index contributed by atoms with van der Waals surface area (Å²) in [6.45, 7) is 0. The molecule has 0 aliphatic carbocycles. The van der Waals surface area contributed by atoms with Gasteiger partial charge in [0.15, 0.2) is 17.3 Å².